The smallest absolute Gasteiger partial charge is 0.257 e. The molecule has 1 amide bonds. The van der Waals surface area contributed by atoms with E-state index in [0.717, 1.165) is 16.5 Å². The van der Waals surface area contributed by atoms with Crippen LogP contribution < -0.4 is 10.1 Å². The number of para-hydroxylation sites is 1. The van der Waals surface area contributed by atoms with Gasteiger partial charge in [0.15, 0.2) is 5.75 Å². The lowest BCUT2D eigenvalue weighted by Crippen LogP contribution is -2.15. The van der Waals surface area contributed by atoms with Crippen LogP contribution in [0.4, 0.5) is 5.69 Å². The van der Waals surface area contributed by atoms with Gasteiger partial charge in [0.1, 0.15) is 0 Å². The molecule has 0 aliphatic heterocycles. The Bertz CT molecular complexity index is 954. The van der Waals surface area contributed by atoms with E-state index in [1.54, 1.807) is 18.2 Å². The van der Waals surface area contributed by atoms with E-state index in [1.165, 1.54) is 0 Å². The van der Waals surface area contributed by atoms with Crippen LogP contribution in [0.1, 0.15) is 28.5 Å². The lowest BCUT2D eigenvalue weighted by molar-refractivity contribution is 0.102. The molecule has 0 aliphatic rings. The van der Waals surface area contributed by atoms with Gasteiger partial charge in [-0.3, -0.25) is 9.78 Å². The van der Waals surface area contributed by atoms with E-state index in [-0.39, 0.29) is 5.91 Å². The van der Waals surface area contributed by atoms with Crippen LogP contribution in [0.5, 0.6) is 5.75 Å². The second-order valence-electron chi connectivity index (χ2n) is 5.82. The number of fused-ring (bicyclic) bond motifs is 1. The monoisotopic (exact) mass is 354 g/mol. The molecule has 1 aromatic heterocycles. The van der Waals surface area contributed by atoms with Crippen molar-refractivity contribution in [3.05, 3.63) is 64.3 Å². The topological polar surface area (TPSA) is 51.2 Å². The summed E-state index contributed by atoms with van der Waals surface area (Å²) in [6.07, 6.45) is 0. The van der Waals surface area contributed by atoms with Crippen molar-refractivity contribution in [2.45, 2.75) is 20.8 Å². The summed E-state index contributed by atoms with van der Waals surface area (Å²) in [7, 11) is 0. The third-order valence-electron chi connectivity index (χ3n) is 3.91. The number of aromatic nitrogens is 1. The molecule has 0 unspecified atom stereocenters. The molecular formula is C20H19ClN2O2. The molecule has 1 N–H and O–H groups in total. The first-order chi connectivity index (χ1) is 12.0. The van der Waals surface area contributed by atoms with Crippen molar-refractivity contribution in [1.82, 2.24) is 4.98 Å². The lowest BCUT2D eigenvalue weighted by atomic mass is 10.1. The number of ether oxygens (including phenoxy) is 1. The molecule has 0 bridgehead atoms. The Morgan fingerprint density at radius 3 is 2.76 bits per heavy atom. The summed E-state index contributed by atoms with van der Waals surface area (Å²) in [5.41, 5.74) is 3.76. The molecule has 128 valence electrons. The van der Waals surface area contributed by atoms with Gasteiger partial charge < -0.3 is 10.1 Å². The van der Waals surface area contributed by atoms with Crippen molar-refractivity contribution in [2.75, 3.05) is 11.9 Å². The van der Waals surface area contributed by atoms with Gasteiger partial charge in [-0.25, -0.2) is 0 Å². The second kappa shape index (κ2) is 7.11. The molecule has 4 nitrogen and oxygen atoms in total. The Morgan fingerprint density at radius 2 is 2.00 bits per heavy atom. The Hall–Kier alpha value is -2.59. The average Bonchev–Trinajstić information content (AvgIpc) is 2.57. The normalized spacial score (nSPS) is 10.7. The number of anilines is 1. The zero-order chi connectivity index (χ0) is 18.0. The number of aryl methyl sites for hydroxylation is 2. The first-order valence-electron chi connectivity index (χ1n) is 8.10. The highest BCUT2D eigenvalue weighted by molar-refractivity contribution is 6.32. The number of nitrogens with one attached hydrogen (secondary N) is 1. The van der Waals surface area contributed by atoms with Crippen molar-refractivity contribution in [1.29, 1.82) is 0 Å². The van der Waals surface area contributed by atoms with E-state index < -0.39 is 0 Å². The molecule has 0 saturated heterocycles. The number of nitrogens with zero attached hydrogens (tertiary/aromatic N) is 1. The van der Waals surface area contributed by atoms with Crippen molar-refractivity contribution in [3.63, 3.8) is 0 Å². The van der Waals surface area contributed by atoms with Crippen molar-refractivity contribution >= 4 is 34.1 Å². The summed E-state index contributed by atoms with van der Waals surface area (Å²) >= 11 is 6.17. The van der Waals surface area contributed by atoms with E-state index in [9.17, 15) is 4.79 Å². The summed E-state index contributed by atoms with van der Waals surface area (Å²) < 4.78 is 5.56. The maximum Gasteiger partial charge on any atom is 0.257 e. The number of pyridine rings is 1. The van der Waals surface area contributed by atoms with E-state index in [0.29, 0.717) is 34.3 Å². The summed E-state index contributed by atoms with van der Waals surface area (Å²) in [5, 5.41) is 4.27. The predicted molar refractivity (Wildman–Crippen MR) is 102 cm³/mol. The molecule has 0 saturated carbocycles. The Balaban J connectivity index is 1.97. The number of carbonyl (C=O) groups is 1. The number of halogens is 1. The first kappa shape index (κ1) is 17.2. The second-order valence-corrected chi connectivity index (χ2v) is 6.23. The van der Waals surface area contributed by atoms with Gasteiger partial charge in [0.2, 0.25) is 0 Å². The van der Waals surface area contributed by atoms with Crippen molar-refractivity contribution in [2.24, 2.45) is 0 Å². The Labute approximate surface area is 151 Å². The van der Waals surface area contributed by atoms with Gasteiger partial charge in [0.25, 0.3) is 5.91 Å². The van der Waals surface area contributed by atoms with Crippen LogP contribution in [0.2, 0.25) is 5.02 Å². The molecule has 3 rings (SSSR count). The SMILES string of the molecule is CCOc1c(Cl)cccc1NC(=O)c1cc2ccc(C)cc2nc1C. The summed E-state index contributed by atoms with van der Waals surface area (Å²) in [6.45, 7) is 6.18. The van der Waals surface area contributed by atoms with Crippen LogP contribution in [0.3, 0.4) is 0 Å². The standard InChI is InChI=1S/C20H19ClN2O2/c1-4-25-19-16(21)6-5-7-17(19)23-20(24)15-11-14-9-8-12(2)10-18(14)22-13(15)3/h5-11H,4H2,1-3H3,(H,23,24). The minimum Gasteiger partial charge on any atom is -0.490 e. The molecule has 0 radical (unpaired) electrons. The van der Waals surface area contributed by atoms with Gasteiger partial charge in [-0.05, 0) is 50.6 Å². The third-order valence-corrected chi connectivity index (χ3v) is 4.21. The fourth-order valence-corrected chi connectivity index (χ4v) is 2.92. The number of amides is 1. The van der Waals surface area contributed by atoms with Gasteiger partial charge in [-0.1, -0.05) is 29.8 Å². The molecule has 1 heterocycles. The van der Waals surface area contributed by atoms with E-state index in [4.69, 9.17) is 16.3 Å². The van der Waals surface area contributed by atoms with Crippen LogP contribution in [-0.2, 0) is 0 Å². The maximum atomic E-state index is 12.8. The molecule has 0 atom stereocenters. The number of hydrogen-bond donors (Lipinski definition) is 1. The zero-order valence-corrected chi connectivity index (χ0v) is 15.1. The zero-order valence-electron chi connectivity index (χ0n) is 14.4. The number of benzene rings is 2. The van der Waals surface area contributed by atoms with Gasteiger partial charge in [-0.2, -0.15) is 0 Å². The summed E-state index contributed by atoms with van der Waals surface area (Å²) in [5.74, 6) is 0.234. The fourth-order valence-electron chi connectivity index (χ4n) is 2.69. The van der Waals surface area contributed by atoms with Crippen LogP contribution >= 0.6 is 11.6 Å². The van der Waals surface area contributed by atoms with Gasteiger partial charge in [0.05, 0.1) is 34.1 Å². The van der Waals surface area contributed by atoms with E-state index in [1.807, 2.05) is 45.0 Å². The van der Waals surface area contributed by atoms with Crippen LogP contribution in [0, 0.1) is 13.8 Å². The molecule has 5 heteroatoms. The molecule has 0 spiro atoms. The predicted octanol–water partition coefficient (Wildman–Crippen LogP) is 5.16. The molecule has 25 heavy (non-hydrogen) atoms. The van der Waals surface area contributed by atoms with Crippen LogP contribution in [0.25, 0.3) is 10.9 Å². The van der Waals surface area contributed by atoms with E-state index in [2.05, 4.69) is 10.3 Å². The molecule has 0 fully saturated rings. The summed E-state index contributed by atoms with van der Waals surface area (Å²) in [4.78, 5) is 17.3. The average molecular weight is 355 g/mol. The fraction of sp³-hybridized carbons (Fsp3) is 0.200. The largest absolute Gasteiger partial charge is 0.490 e. The Morgan fingerprint density at radius 1 is 1.20 bits per heavy atom. The highest BCUT2D eigenvalue weighted by atomic mass is 35.5. The quantitative estimate of drug-likeness (QED) is 0.704. The summed E-state index contributed by atoms with van der Waals surface area (Å²) in [6, 6.07) is 13.1. The minimum atomic E-state index is -0.240. The van der Waals surface area contributed by atoms with Gasteiger partial charge in [-0.15, -0.1) is 0 Å². The first-order valence-corrected chi connectivity index (χ1v) is 8.48. The molecule has 3 aromatic rings. The Kier molecular flexibility index (Phi) is 4.91. The van der Waals surface area contributed by atoms with Crippen molar-refractivity contribution < 1.29 is 9.53 Å². The van der Waals surface area contributed by atoms with Crippen molar-refractivity contribution in [3.8, 4) is 5.75 Å². The van der Waals surface area contributed by atoms with E-state index >= 15 is 0 Å². The molecule has 2 aromatic carbocycles. The molecule has 0 aliphatic carbocycles. The van der Waals surface area contributed by atoms with Crippen LogP contribution in [0.15, 0.2) is 42.5 Å². The third kappa shape index (κ3) is 3.59. The van der Waals surface area contributed by atoms with Gasteiger partial charge in [0, 0.05) is 5.39 Å². The van der Waals surface area contributed by atoms with Crippen LogP contribution in [-0.4, -0.2) is 17.5 Å². The maximum absolute atomic E-state index is 12.8. The minimum absolute atomic E-state index is 0.240. The molecular weight excluding hydrogens is 336 g/mol. The lowest BCUT2D eigenvalue weighted by Gasteiger charge is -2.14. The number of rotatable bonds is 4. The van der Waals surface area contributed by atoms with Gasteiger partial charge >= 0.3 is 0 Å². The highest BCUT2D eigenvalue weighted by Gasteiger charge is 2.15. The number of hydrogen-bond acceptors (Lipinski definition) is 3. The number of carbonyl (C=O) groups excluding carboxylic acids is 1. The highest BCUT2D eigenvalue weighted by Crippen LogP contribution is 2.33.